The molecule has 0 radical (unpaired) electrons. The summed E-state index contributed by atoms with van der Waals surface area (Å²) in [6.07, 6.45) is -6.61. The molecular weight excluding hydrogens is 564 g/mol. The number of rotatable bonds is 5. The molecule has 5 rings (SSSR count). The predicted octanol–water partition coefficient (Wildman–Crippen LogP) is 8.24. The van der Waals surface area contributed by atoms with Crippen molar-refractivity contribution in [3.05, 3.63) is 101 Å². The van der Waals surface area contributed by atoms with Crippen LogP contribution in [0.2, 0.25) is 0 Å². The van der Waals surface area contributed by atoms with E-state index >= 15 is 0 Å². The van der Waals surface area contributed by atoms with Gasteiger partial charge in [0.2, 0.25) is 0 Å². The Kier molecular flexibility index (Phi) is 7.19. The Bertz CT molecular complexity index is 1680. The van der Waals surface area contributed by atoms with E-state index < -0.39 is 35.2 Å². The lowest BCUT2D eigenvalue weighted by Crippen LogP contribution is -2.21. The maximum absolute atomic E-state index is 13.1. The number of nitrogens with one attached hydrogen (secondary N) is 5. The lowest BCUT2D eigenvalue weighted by molar-refractivity contribution is -0.143. The molecule has 1 aliphatic rings. The number of amides is 3. The van der Waals surface area contributed by atoms with Crippen molar-refractivity contribution in [3.63, 3.8) is 0 Å². The molecule has 0 bridgehead atoms. The van der Waals surface area contributed by atoms with E-state index in [1.807, 2.05) is 17.4 Å². The van der Waals surface area contributed by atoms with Gasteiger partial charge in [0.05, 0.1) is 22.4 Å². The van der Waals surface area contributed by atoms with Gasteiger partial charge >= 0.3 is 18.4 Å². The van der Waals surface area contributed by atoms with E-state index in [4.69, 9.17) is 0 Å². The number of anilines is 5. The van der Waals surface area contributed by atoms with Gasteiger partial charge in [-0.25, -0.2) is 4.79 Å². The Balaban J connectivity index is 1.32. The number of fused-ring (bicyclic) bond motifs is 1. The van der Waals surface area contributed by atoms with Crippen molar-refractivity contribution in [1.82, 2.24) is 4.98 Å². The van der Waals surface area contributed by atoms with Crippen LogP contribution in [0.3, 0.4) is 0 Å². The van der Waals surface area contributed by atoms with Crippen molar-refractivity contribution < 1.29 is 35.9 Å². The number of H-pyrrole nitrogens is 1. The molecule has 3 amide bonds. The van der Waals surface area contributed by atoms with Crippen molar-refractivity contribution >= 4 is 52.0 Å². The Morgan fingerprint density at radius 2 is 1.48 bits per heavy atom. The first-order chi connectivity index (χ1) is 19.8. The summed E-state index contributed by atoms with van der Waals surface area (Å²) < 4.78 is 78.9. The van der Waals surface area contributed by atoms with E-state index in [1.165, 1.54) is 6.07 Å². The second-order valence-electron chi connectivity index (χ2n) is 9.43. The molecule has 0 spiro atoms. The lowest BCUT2D eigenvalue weighted by atomic mass is 10.1. The highest BCUT2D eigenvalue weighted by atomic mass is 19.4. The highest BCUT2D eigenvalue weighted by molar-refractivity contribution is 6.35. The maximum atomic E-state index is 13.1. The summed E-state index contributed by atoms with van der Waals surface area (Å²) >= 11 is 0. The van der Waals surface area contributed by atoms with Crippen molar-refractivity contribution in [2.45, 2.75) is 19.3 Å². The van der Waals surface area contributed by atoms with Crippen LogP contribution in [0.5, 0.6) is 0 Å². The van der Waals surface area contributed by atoms with E-state index in [2.05, 4.69) is 20.9 Å². The van der Waals surface area contributed by atoms with Gasteiger partial charge in [0.15, 0.2) is 0 Å². The first kappa shape index (κ1) is 28.3. The van der Waals surface area contributed by atoms with Crippen LogP contribution in [0.1, 0.15) is 27.9 Å². The van der Waals surface area contributed by atoms with Crippen LogP contribution in [0.15, 0.2) is 72.9 Å². The van der Waals surface area contributed by atoms with Crippen molar-refractivity contribution in [1.29, 1.82) is 0 Å². The highest BCUT2D eigenvalue weighted by Crippen LogP contribution is 2.38. The predicted molar refractivity (Wildman–Crippen MR) is 147 cm³/mol. The number of aromatic nitrogens is 1. The number of aryl methyl sites for hydroxylation is 1. The number of urea groups is 1. The molecule has 13 heteroatoms. The average Bonchev–Trinajstić information content (AvgIpc) is 3.52. The summed E-state index contributed by atoms with van der Waals surface area (Å²) in [4.78, 5) is 28.1. The van der Waals surface area contributed by atoms with Gasteiger partial charge in [-0.05, 0) is 73.2 Å². The maximum Gasteiger partial charge on any atom is 0.416 e. The number of carbonyl (C=O) groups is 2. The number of alkyl halides is 6. The third-order valence-electron chi connectivity index (χ3n) is 6.34. The number of halogens is 6. The first-order valence-electron chi connectivity index (χ1n) is 12.3. The van der Waals surface area contributed by atoms with Gasteiger partial charge in [-0.1, -0.05) is 12.1 Å². The standard InChI is InChI=1S/C29H21F6N5O2/c1-15-4-5-20(38-27(42)39-21-10-16(28(30,31)32)9-17(11-21)29(33,34)35)13-24(15)37-19-6-7-22-23(12-18-3-2-8-36-18)26(41)40-25(22)14-19/h2-14,36-37H,1H3,(H,40,41)(H2,38,39,42). The van der Waals surface area contributed by atoms with Crippen LogP contribution < -0.4 is 21.3 Å². The summed E-state index contributed by atoms with van der Waals surface area (Å²) in [7, 11) is 0. The fraction of sp³-hybridized carbons (Fsp3) is 0.103. The first-order valence-corrected chi connectivity index (χ1v) is 12.3. The Labute approximate surface area is 234 Å². The molecule has 2 heterocycles. The van der Waals surface area contributed by atoms with E-state index in [0.717, 1.165) is 11.3 Å². The smallest absolute Gasteiger partial charge is 0.362 e. The summed E-state index contributed by atoms with van der Waals surface area (Å²) in [6.45, 7) is 1.79. The van der Waals surface area contributed by atoms with Crippen LogP contribution in [0, 0.1) is 6.92 Å². The molecule has 0 saturated carbocycles. The molecule has 5 N–H and O–H groups in total. The van der Waals surface area contributed by atoms with Crippen molar-refractivity contribution in [2.75, 3.05) is 21.3 Å². The molecule has 4 aromatic rings. The number of benzene rings is 3. The molecule has 0 atom stereocenters. The van der Waals surface area contributed by atoms with Gasteiger partial charge in [0.25, 0.3) is 5.91 Å². The largest absolute Gasteiger partial charge is 0.416 e. The number of hydrogen-bond acceptors (Lipinski definition) is 3. The van der Waals surface area contributed by atoms with Crippen LogP contribution in [0.4, 0.5) is 59.6 Å². The molecule has 216 valence electrons. The molecular formula is C29H21F6N5O2. The average molecular weight is 586 g/mol. The van der Waals surface area contributed by atoms with Crippen molar-refractivity contribution in [3.8, 4) is 0 Å². The van der Waals surface area contributed by atoms with E-state index in [0.29, 0.717) is 40.3 Å². The molecule has 7 nitrogen and oxygen atoms in total. The fourth-order valence-electron chi connectivity index (χ4n) is 4.32. The zero-order chi connectivity index (χ0) is 30.2. The quantitative estimate of drug-likeness (QED) is 0.121. The highest BCUT2D eigenvalue weighted by Gasteiger charge is 2.37. The van der Waals surface area contributed by atoms with Gasteiger partial charge < -0.3 is 26.3 Å². The minimum absolute atomic E-state index is 0.0234. The Morgan fingerprint density at radius 3 is 2.12 bits per heavy atom. The molecule has 0 unspecified atom stereocenters. The fourth-order valence-corrected chi connectivity index (χ4v) is 4.32. The topological polar surface area (TPSA) is 98.0 Å². The monoisotopic (exact) mass is 585 g/mol. The molecule has 1 aliphatic heterocycles. The minimum atomic E-state index is -5.05. The molecule has 1 aromatic heterocycles. The van der Waals surface area contributed by atoms with Gasteiger partial charge in [0, 0.05) is 40.2 Å². The normalized spacial score (nSPS) is 14.0. The zero-order valence-electron chi connectivity index (χ0n) is 21.6. The van der Waals surface area contributed by atoms with Gasteiger partial charge in [-0.2, -0.15) is 26.3 Å². The molecule has 0 saturated heterocycles. The molecule has 0 aliphatic carbocycles. The van der Waals surface area contributed by atoms with Crippen LogP contribution in [0.25, 0.3) is 11.6 Å². The Morgan fingerprint density at radius 1 is 0.810 bits per heavy atom. The Hall–Kier alpha value is -5.20. The van der Waals surface area contributed by atoms with Crippen molar-refractivity contribution in [2.24, 2.45) is 0 Å². The lowest BCUT2D eigenvalue weighted by Gasteiger charge is -2.16. The van der Waals surface area contributed by atoms with Crippen LogP contribution in [-0.4, -0.2) is 16.9 Å². The van der Waals surface area contributed by atoms with Gasteiger partial charge in [-0.15, -0.1) is 0 Å². The van der Waals surface area contributed by atoms with E-state index in [-0.39, 0.29) is 17.7 Å². The number of hydrogen-bond donors (Lipinski definition) is 5. The zero-order valence-corrected chi connectivity index (χ0v) is 21.6. The summed E-state index contributed by atoms with van der Waals surface area (Å²) in [5, 5.41) is 10.5. The number of aromatic amines is 1. The van der Waals surface area contributed by atoms with Gasteiger partial charge in [-0.3, -0.25) is 4.79 Å². The van der Waals surface area contributed by atoms with Gasteiger partial charge in [0.1, 0.15) is 0 Å². The molecule has 0 fully saturated rings. The van der Waals surface area contributed by atoms with E-state index in [1.54, 1.807) is 49.5 Å². The number of carbonyl (C=O) groups excluding carboxylic acids is 2. The summed E-state index contributed by atoms with van der Waals surface area (Å²) in [5.74, 6) is -0.256. The third-order valence-corrected chi connectivity index (χ3v) is 6.34. The van der Waals surface area contributed by atoms with E-state index in [9.17, 15) is 35.9 Å². The third kappa shape index (κ3) is 6.24. The second-order valence-corrected chi connectivity index (χ2v) is 9.43. The second kappa shape index (κ2) is 10.7. The molecule has 42 heavy (non-hydrogen) atoms. The summed E-state index contributed by atoms with van der Waals surface area (Å²) in [5.41, 5.74) is 0.953. The van der Waals surface area contributed by atoms with Crippen LogP contribution in [-0.2, 0) is 17.1 Å². The SMILES string of the molecule is Cc1ccc(NC(=O)Nc2cc(C(F)(F)F)cc(C(F)(F)F)c2)cc1Nc1ccc2c(c1)NC(=O)C2=Cc1ccc[nH]1. The minimum Gasteiger partial charge on any atom is -0.362 e. The van der Waals surface area contributed by atoms with Crippen LogP contribution >= 0.6 is 0 Å². The molecule has 3 aromatic carbocycles. The summed E-state index contributed by atoms with van der Waals surface area (Å²) in [6, 6.07) is 13.4.